The van der Waals surface area contributed by atoms with E-state index in [0.717, 1.165) is 7.11 Å². The first-order chi connectivity index (χ1) is 5.74. The minimum absolute atomic E-state index is 0.630. The molecule has 1 amide bonds. The summed E-state index contributed by atoms with van der Waals surface area (Å²) in [5, 5.41) is 4.81. The molecule has 0 atom stereocenters. The second-order valence-electron chi connectivity index (χ2n) is 1.92. The summed E-state index contributed by atoms with van der Waals surface area (Å²) in [6.07, 6.45) is 0. The van der Waals surface area contributed by atoms with Crippen LogP contribution in [-0.4, -0.2) is 19.0 Å². The van der Waals surface area contributed by atoms with Crippen molar-refractivity contribution in [3.8, 4) is 0 Å². The first kappa shape index (κ1) is 8.73. The van der Waals surface area contributed by atoms with E-state index in [1.807, 2.05) is 0 Å². The largest absolute Gasteiger partial charge is 0.462 e. The highest BCUT2D eigenvalue weighted by Gasteiger charge is 2.13. The molecular formula is C7H7NO3S. The van der Waals surface area contributed by atoms with Crippen LogP contribution in [0, 0.1) is 0 Å². The molecule has 0 bridgehead atoms. The topological polar surface area (TPSA) is 55.4 Å². The second-order valence-corrected chi connectivity index (χ2v) is 2.87. The van der Waals surface area contributed by atoms with Crippen LogP contribution in [0.15, 0.2) is 17.5 Å². The number of hydrogen-bond donors (Lipinski definition) is 1. The highest BCUT2D eigenvalue weighted by atomic mass is 32.1. The Bertz CT molecular complexity index is 281. The van der Waals surface area contributed by atoms with Gasteiger partial charge in [0, 0.05) is 0 Å². The number of thiophene rings is 1. The summed E-state index contributed by atoms with van der Waals surface area (Å²) in [6, 6.07) is 3.48. The minimum Gasteiger partial charge on any atom is -0.462 e. The number of carbonyl (C=O) groups excluding carboxylic acids is 2. The van der Waals surface area contributed by atoms with Gasteiger partial charge in [-0.05, 0) is 17.5 Å². The molecule has 0 saturated carbocycles. The van der Waals surface area contributed by atoms with E-state index in [9.17, 15) is 9.59 Å². The summed E-state index contributed by atoms with van der Waals surface area (Å²) < 4.78 is 4.21. The zero-order valence-electron chi connectivity index (χ0n) is 6.37. The third kappa shape index (κ3) is 2.06. The van der Waals surface area contributed by atoms with Gasteiger partial charge in [-0.1, -0.05) is 0 Å². The Labute approximate surface area is 73.2 Å². The fourth-order valence-electron chi connectivity index (χ4n) is 0.605. The van der Waals surface area contributed by atoms with Gasteiger partial charge in [0.05, 0.1) is 12.1 Å². The minimum atomic E-state index is -0.886. The van der Waals surface area contributed by atoms with Crippen molar-refractivity contribution in [1.29, 1.82) is 0 Å². The van der Waals surface area contributed by atoms with Crippen molar-refractivity contribution in [3.05, 3.63) is 17.5 Å². The molecule has 64 valence electrons. The average molecular weight is 185 g/mol. The molecule has 1 aromatic heterocycles. The maximum Gasteiger partial charge on any atom is 0.396 e. The third-order valence-corrected chi connectivity index (χ3v) is 1.91. The molecule has 1 N–H and O–H groups in total. The SMILES string of the molecule is COC(=O)C(=O)Nc1cccs1. The number of esters is 1. The van der Waals surface area contributed by atoms with Crippen molar-refractivity contribution in [2.75, 3.05) is 12.4 Å². The van der Waals surface area contributed by atoms with E-state index in [2.05, 4.69) is 10.1 Å². The lowest BCUT2D eigenvalue weighted by Gasteiger charge is -1.98. The Morgan fingerprint density at radius 2 is 2.33 bits per heavy atom. The number of anilines is 1. The number of ether oxygens (including phenoxy) is 1. The summed E-state index contributed by atoms with van der Waals surface area (Å²) in [5.41, 5.74) is 0. The molecule has 0 aromatic carbocycles. The van der Waals surface area contributed by atoms with E-state index in [1.54, 1.807) is 17.5 Å². The highest BCUT2D eigenvalue weighted by Crippen LogP contribution is 2.14. The van der Waals surface area contributed by atoms with Crippen LogP contribution >= 0.6 is 11.3 Å². The van der Waals surface area contributed by atoms with Gasteiger partial charge in [-0.3, -0.25) is 4.79 Å². The van der Waals surface area contributed by atoms with E-state index in [0.29, 0.717) is 5.00 Å². The lowest BCUT2D eigenvalue weighted by atomic mass is 10.5. The van der Waals surface area contributed by atoms with Crippen molar-refractivity contribution in [2.45, 2.75) is 0 Å². The van der Waals surface area contributed by atoms with E-state index in [-0.39, 0.29) is 0 Å². The van der Waals surface area contributed by atoms with Crippen LogP contribution in [-0.2, 0) is 14.3 Å². The molecule has 0 aliphatic heterocycles. The van der Waals surface area contributed by atoms with Crippen LogP contribution in [0.2, 0.25) is 0 Å². The highest BCUT2D eigenvalue weighted by molar-refractivity contribution is 7.14. The zero-order chi connectivity index (χ0) is 8.97. The molecule has 0 aliphatic rings. The number of carbonyl (C=O) groups is 2. The Balaban J connectivity index is 2.53. The van der Waals surface area contributed by atoms with Crippen LogP contribution in [0.1, 0.15) is 0 Å². The van der Waals surface area contributed by atoms with Gasteiger partial charge in [-0.25, -0.2) is 4.79 Å². The Morgan fingerprint density at radius 3 is 2.83 bits per heavy atom. The van der Waals surface area contributed by atoms with Gasteiger partial charge < -0.3 is 10.1 Å². The maximum atomic E-state index is 10.9. The van der Waals surface area contributed by atoms with Crippen molar-refractivity contribution in [1.82, 2.24) is 0 Å². The fraction of sp³-hybridized carbons (Fsp3) is 0.143. The zero-order valence-corrected chi connectivity index (χ0v) is 7.18. The fourth-order valence-corrected chi connectivity index (χ4v) is 1.22. The number of nitrogens with one attached hydrogen (secondary N) is 1. The first-order valence-electron chi connectivity index (χ1n) is 3.17. The smallest absolute Gasteiger partial charge is 0.396 e. The average Bonchev–Trinajstić information content (AvgIpc) is 2.55. The molecule has 0 saturated heterocycles. The van der Waals surface area contributed by atoms with E-state index in [1.165, 1.54) is 11.3 Å². The van der Waals surface area contributed by atoms with Gasteiger partial charge in [-0.15, -0.1) is 11.3 Å². The number of amides is 1. The van der Waals surface area contributed by atoms with Gasteiger partial charge in [0.25, 0.3) is 0 Å². The second kappa shape index (κ2) is 3.87. The molecule has 0 aliphatic carbocycles. The van der Waals surface area contributed by atoms with Crippen LogP contribution < -0.4 is 5.32 Å². The van der Waals surface area contributed by atoms with Crippen LogP contribution in [0.25, 0.3) is 0 Å². The predicted octanol–water partition coefficient (Wildman–Crippen LogP) is 0.860. The normalized spacial score (nSPS) is 9.08. The van der Waals surface area contributed by atoms with E-state index < -0.39 is 11.9 Å². The summed E-state index contributed by atoms with van der Waals surface area (Å²) in [5.74, 6) is -1.64. The van der Waals surface area contributed by atoms with Crippen molar-refractivity contribution in [2.24, 2.45) is 0 Å². The molecule has 0 spiro atoms. The van der Waals surface area contributed by atoms with Gasteiger partial charge in [-0.2, -0.15) is 0 Å². The van der Waals surface area contributed by atoms with Crippen LogP contribution in [0.3, 0.4) is 0 Å². The van der Waals surface area contributed by atoms with Gasteiger partial charge in [0.2, 0.25) is 0 Å². The Morgan fingerprint density at radius 1 is 1.58 bits per heavy atom. The molecule has 0 fully saturated rings. The molecule has 0 radical (unpaired) electrons. The summed E-state index contributed by atoms with van der Waals surface area (Å²) in [6.45, 7) is 0. The molecule has 4 nitrogen and oxygen atoms in total. The Hall–Kier alpha value is -1.36. The van der Waals surface area contributed by atoms with Crippen LogP contribution in [0.4, 0.5) is 5.00 Å². The molecule has 5 heteroatoms. The lowest BCUT2D eigenvalue weighted by molar-refractivity contribution is -0.150. The first-order valence-corrected chi connectivity index (χ1v) is 4.05. The molecular weight excluding hydrogens is 178 g/mol. The summed E-state index contributed by atoms with van der Waals surface area (Å²) in [7, 11) is 1.16. The monoisotopic (exact) mass is 185 g/mol. The van der Waals surface area contributed by atoms with E-state index in [4.69, 9.17) is 0 Å². The molecule has 12 heavy (non-hydrogen) atoms. The molecule has 1 aromatic rings. The maximum absolute atomic E-state index is 10.9. The number of hydrogen-bond acceptors (Lipinski definition) is 4. The van der Waals surface area contributed by atoms with Gasteiger partial charge in [0.15, 0.2) is 0 Å². The van der Waals surface area contributed by atoms with Gasteiger partial charge in [0.1, 0.15) is 0 Å². The quantitative estimate of drug-likeness (QED) is 0.521. The molecule has 0 unspecified atom stereocenters. The van der Waals surface area contributed by atoms with Gasteiger partial charge >= 0.3 is 11.9 Å². The van der Waals surface area contributed by atoms with Crippen LogP contribution in [0.5, 0.6) is 0 Å². The standard InChI is InChI=1S/C7H7NO3S/c1-11-7(10)6(9)8-5-3-2-4-12-5/h2-4H,1H3,(H,8,9). The molecule has 1 heterocycles. The lowest BCUT2D eigenvalue weighted by Crippen LogP contribution is -2.23. The van der Waals surface area contributed by atoms with Crippen molar-refractivity contribution in [3.63, 3.8) is 0 Å². The molecule has 1 rings (SSSR count). The predicted molar refractivity (Wildman–Crippen MR) is 45.0 cm³/mol. The van der Waals surface area contributed by atoms with E-state index >= 15 is 0 Å². The number of rotatable bonds is 1. The summed E-state index contributed by atoms with van der Waals surface area (Å²) >= 11 is 1.34. The number of methoxy groups -OCH3 is 1. The van der Waals surface area contributed by atoms with Crippen molar-refractivity contribution < 1.29 is 14.3 Å². The summed E-state index contributed by atoms with van der Waals surface area (Å²) in [4.78, 5) is 21.5. The Kier molecular flexibility index (Phi) is 2.82. The third-order valence-electron chi connectivity index (χ3n) is 1.13. The van der Waals surface area contributed by atoms with Crippen molar-refractivity contribution >= 4 is 28.2 Å².